The maximum absolute atomic E-state index is 11.8. The molecule has 106 valence electrons. The molecule has 0 saturated heterocycles. The van der Waals surface area contributed by atoms with Crippen LogP contribution in [0, 0.1) is 11.8 Å². The molecule has 1 atom stereocenters. The largest absolute Gasteiger partial charge is 0.356 e. The van der Waals surface area contributed by atoms with E-state index in [2.05, 4.69) is 19.2 Å². The third kappa shape index (κ3) is 6.42. The van der Waals surface area contributed by atoms with Crippen LogP contribution in [0.3, 0.4) is 0 Å². The Kier molecular flexibility index (Phi) is 8.11. The first-order valence-corrected chi connectivity index (χ1v) is 8.02. The third-order valence-electron chi connectivity index (χ3n) is 4.39. The van der Waals surface area contributed by atoms with Crippen LogP contribution in [0.5, 0.6) is 0 Å². The molecule has 1 N–H and O–H groups in total. The van der Waals surface area contributed by atoms with Crippen LogP contribution in [0.4, 0.5) is 0 Å². The molecule has 1 aliphatic rings. The van der Waals surface area contributed by atoms with Gasteiger partial charge in [-0.1, -0.05) is 58.8 Å². The topological polar surface area (TPSA) is 29.1 Å². The van der Waals surface area contributed by atoms with Crippen molar-refractivity contribution in [1.29, 1.82) is 0 Å². The highest BCUT2D eigenvalue weighted by molar-refractivity contribution is 5.75. The molecule has 1 fully saturated rings. The number of rotatable bonds is 9. The molecule has 0 spiro atoms. The first kappa shape index (κ1) is 15.5. The van der Waals surface area contributed by atoms with Crippen LogP contribution in [0.1, 0.15) is 78.1 Å². The van der Waals surface area contributed by atoms with E-state index < -0.39 is 0 Å². The smallest absolute Gasteiger partial charge is 0.220 e. The van der Waals surface area contributed by atoms with Crippen molar-refractivity contribution in [3.63, 3.8) is 0 Å². The van der Waals surface area contributed by atoms with Gasteiger partial charge in [0.2, 0.25) is 5.91 Å². The van der Waals surface area contributed by atoms with Gasteiger partial charge in [-0.15, -0.1) is 0 Å². The zero-order chi connectivity index (χ0) is 13.2. The first-order valence-electron chi connectivity index (χ1n) is 8.02. The standard InChI is InChI=1S/C16H31NO/c1-3-5-8-14(4-2)13-17-16(18)12-11-15-9-6-7-10-15/h14-15H,3-13H2,1-2H3,(H,17,18). The summed E-state index contributed by atoms with van der Waals surface area (Å²) >= 11 is 0. The summed E-state index contributed by atoms with van der Waals surface area (Å²) in [4.78, 5) is 11.8. The van der Waals surface area contributed by atoms with Crippen molar-refractivity contribution >= 4 is 5.91 Å². The first-order chi connectivity index (χ1) is 8.76. The van der Waals surface area contributed by atoms with Gasteiger partial charge < -0.3 is 5.32 Å². The van der Waals surface area contributed by atoms with Gasteiger partial charge >= 0.3 is 0 Å². The van der Waals surface area contributed by atoms with E-state index in [-0.39, 0.29) is 5.91 Å². The van der Waals surface area contributed by atoms with Crippen molar-refractivity contribution in [3.8, 4) is 0 Å². The van der Waals surface area contributed by atoms with Crippen LogP contribution >= 0.6 is 0 Å². The van der Waals surface area contributed by atoms with Crippen LogP contribution in [0.2, 0.25) is 0 Å². The Morgan fingerprint density at radius 3 is 2.61 bits per heavy atom. The van der Waals surface area contributed by atoms with Gasteiger partial charge in [-0.3, -0.25) is 4.79 Å². The summed E-state index contributed by atoms with van der Waals surface area (Å²) in [6, 6.07) is 0. The average molecular weight is 253 g/mol. The Balaban J connectivity index is 2.06. The Morgan fingerprint density at radius 1 is 1.28 bits per heavy atom. The number of amides is 1. The molecule has 0 aromatic rings. The maximum Gasteiger partial charge on any atom is 0.220 e. The zero-order valence-corrected chi connectivity index (χ0v) is 12.3. The summed E-state index contributed by atoms with van der Waals surface area (Å²) in [7, 11) is 0. The highest BCUT2D eigenvalue weighted by atomic mass is 16.1. The number of carbonyl (C=O) groups excluding carboxylic acids is 1. The van der Waals surface area contributed by atoms with Gasteiger partial charge in [0.1, 0.15) is 0 Å². The Labute approximate surface area is 113 Å². The third-order valence-corrected chi connectivity index (χ3v) is 4.39. The molecule has 1 unspecified atom stereocenters. The molecular formula is C16H31NO. The average Bonchev–Trinajstić information content (AvgIpc) is 2.89. The summed E-state index contributed by atoms with van der Waals surface area (Å²) in [5, 5.41) is 3.13. The number of hydrogen-bond acceptors (Lipinski definition) is 1. The monoisotopic (exact) mass is 253 g/mol. The molecule has 0 radical (unpaired) electrons. The molecule has 0 bridgehead atoms. The number of unbranched alkanes of at least 4 members (excludes halogenated alkanes) is 1. The van der Waals surface area contributed by atoms with Gasteiger partial charge in [0.15, 0.2) is 0 Å². The number of hydrogen-bond donors (Lipinski definition) is 1. The molecule has 1 rings (SSSR count). The summed E-state index contributed by atoms with van der Waals surface area (Å²) < 4.78 is 0. The van der Waals surface area contributed by atoms with Gasteiger partial charge in [-0.25, -0.2) is 0 Å². The van der Waals surface area contributed by atoms with Gasteiger partial charge in [-0.2, -0.15) is 0 Å². The lowest BCUT2D eigenvalue weighted by Gasteiger charge is -2.15. The van der Waals surface area contributed by atoms with E-state index in [1.54, 1.807) is 0 Å². The molecule has 1 aliphatic carbocycles. The quantitative estimate of drug-likeness (QED) is 0.652. The molecular weight excluding hydrogens is 222 g/mol. The van der Waals surface area contributed by atoms with Crippen LogP contribution in [-0.4, -0.2) is 12.5 Å². The van der Waals surface area contributed by atoms with Crippen molar-refractivity contribution in [2.45, 2.75) is 78.1 Å². The van der Waals surface area contributed by atoms with Gasteiger partial charge in [0.05, 0.1) is 0 Å². The molecule has 0 aliphatic heterocycles. The van der Waals surface area contributed by atoms with E-state index >= 15 is 0 Å². The van der Waals surface area contributed by atoms with E-state index in [1.807, 2.05) is 0 Å². The molecule has 0 aromatic carbocycles. The van der Waals surface area contributed by atoms with Crippen molar-refractivity contribution in [2.24, 2.45) is 11.8 Å². The van der Waals surface area contributed by atoms with E-state index in [1.165, 1.54) is 51.4 Å². The van der Waals surface area contributed by atoms with E-state index in [4.69, 9.17) is 0 Å². The second kappa shape index (κ2) is 9.41. The van der Waals surface area contributed by atoms with Crippen LogP contribution in [0.15, 0.2) is 0 Å². The molecule has 0 heterocycles. The summed E-state index contributed by atoms with van der Waals surface area (Å²) in [5.74, 6) is 1.79. The molecule has 2 nitrogen and oxygen atoms in total. The molecule has 0 aromatic heterocycles. The molecule has 1 amide bonds. The van der Waals surface area contributed by atoms with Gasteiger partial charge in [-0.05, 0) is 24.7 Å². The lowest BCUT2D eigenvalue weighted by atomic mass is 9.99. The number of carbonyl (C=O) groups is 1. The second-order valence-electron chi connectivity index (χ2n) is 5.91. The SMILES string of the molecule is CCCCC(CC)CNC(=O)CCC1CCCC1. The molecule has 18 heavy (non-hydrogen) atoms. The van der Waals surface area contributed by atoms with Crippen LogP contribution in [-0.2, 0) is 4.79 Å². The summed E-state index contributed by atoms with van der Waals surface area (Å²) in [5.41, 5.74) is 0. The normalized spacial score (nSPS) is 17.9. The Morgan fingerprint density at radius 2 is 2.00 bits per heavy atom. The minimum atomic E-state index is 0.275. The lowest BCUT2D eigenvalue weighted by molar-refractivity contribution is -0.121. The fraction of sp³-hybridized carbons (Fsp3) is 0.938. The van der Waals surface area contributed by atoms with E-state index in [0.717, 1.165) is 25.3 Å². The van der Waals surface area contributed by atoms with Crippen molar-refractivity contribution in [1.82, 2.24) is 5.32 Å². The van der Waals surface area contributed by atoms with Crippen molar-refractivity contribution in [3.05, 3.63) is 0 Å². The zero-order valence-electron chi connectivity index (χ0n) is 12.3. The minimum absolute atomic E-state index is 0.275. The highest BCUT2D eigenvalue weighted by Crippen LogP contribution is 2.28. The van der Waals surface area contributed by atoms with Crippen molar-refractivity contribution < 1.29 is 4.79 Å². The fourth-order valence-corrected chi connectivity index (χ4v) is 2.92. The Bertz CT molecular complexity index is 221. The van der Waals surface area contributed by atoms with Gasteiger partial charge in [0.25, 0.3) is 0 Å². The summed E-state index contributed by atoms with van der Waals surface area (Å²) in [6.07, 6.45) is 12.3. The number of nitrogens with one attached hydrogen (secondary N) is 1. The van der Waals surface area contributed by atoms with Crippen LogP contribution < -0.4 is 5.32 Å². The van der Waals surface area contributed by atoms with E-state index in [9.17, 15) is 4.79 Å². The Hall–Kier alpha value is -0.530. The predicted octanol–water partition coefficient (Wildman–Crippen LogP) is 4.29. The minimum Gasteiger partial charge on any atom is -0.356 e. The van der Waals surface area contributed by atoms with E-state index in [0.29, 0.717) is 5.92 Å². The lowest BCUT2D eigenvalue weighted by Crippen LogP contribution is -2.29. The van der Waals surface area contributed by atoms with Gasteiger partial charge in [0, 0.05) is 13.0 Å². The molecule has 1 saturated carbocycles. The second-order valence-corrected chi connectivity index (χ2v) is 5.91. The van der Waals surface area contributed by atoms with Crippen molar-refractivity contribution in [2.75, 3.05) is 6.54 Å². The highest BCUT2D eigenvalue weighted by Gasteiger charge is 2.16. The molecule has 2 heteroatoms. The maximum atomic E-state index is 11.8. The predicted molar refractivity (Wildman–Crippen MR) is 77.5 cm³/mol. The van der Waals surface area contributed by atoms with Crippen LogP contribution in [0.25, 0.3) is 0 Å². The fourth-order valence-electron chi connectivity index (χ4n) is 2.92. The summed E-state index contributed by atoms with van der Waals surface area (Å²) in [6.45, 7) is 5.35.